The Morgan fingerprint density at radius 3 is 2.42 bits per heavy atom. The predicted molar refractivity (Wildman–Crippen MR) is 162 cm³/mol. The van der Waals surface area contributed by atoms with Crippen LogP contribution < -0.4 is 9.64 Å². The average Bonchev–Trinajstić information content (AvgIpc) is 3.35. The van der Waals surface area contributed by atoms with Gasteiger partial charge in [-0.1, -0.05) is 18.2 Å². The van der Waals surface area contributed by atoms with E-state index in [0.29, 0.717) is 43.7 Å². The van der Waals surface area contributed by atoms with Crippen LogP contribution in [0.4, 0.5) is 10.5 Å². The highest BCUT2D eigenvalue weighted by atomic mass is 16.6. The number of hydrogen-bond donors (Lipinski definition) is 0. The van der Waals surface area contributed by atoms with E-state index in [1.54, 1.807) is 22.8 Å². The fourth-order valence-electron chi connectivity index (χ4n) is 5.71. The molecule has 2 aliphatic rings. The number of ether oxygens (including phenoxy) is 3. The maximum atomic E-state index is 13.5. The number of likely N-dealkylation sites (tertiary alicyclic amines) is 1. The number of rotatable bonds is 6. The van der Waals surface area contributed by atoms with Crippen LogP contribution in [0.25, 0.3) is 10.8 Å². The minimum absolute atomic E-state index is 0.0506. The first-order valence-corrected chi connectivity index (χ1v) is 14.7. The lowest BCUT2D eigenvalue weighted by molar-refractivity contribution is -0.145. The molecule has 0 spiro atoms. The van der Waals surface area contributed by atoms with Crippen LogP contribution in [0.5, 0.6) is 5.75 Å². The number of benzene rings is 3. The summed E-state index contributed by atoms with van der Waals surface area (Å²) in [5, 5.41) is 11.3. The van der Waals surface area contributed by atoms with Gasteiger partial charge >= 0.3 is 12.1 Å². The summed E-state index contributed by atoms with van der Waals surface area (Å²) in [6, 6.07) is 19.1. The molecule has 1 saturated heterocycles. The number of hydrogen-bond acceptors (Lipinski definition) is 7. The Morgan fingerprint density at radius 2 is 1.72 bits per heavy atom. The van der Waals surface area contributed by atoms with E-state index in [2.05, 4.69) is 6.07 Å². The number of nitrogens with zero attached hydrogens (tertiary/aromatic N) is 3. The Bertz CT molecular complexity index is 1580. The SMILES string of the molecule is CCOC(=O)CC(=O)N1c2ccc(OC3CCN(C(=O)OC(C)(C)C)CC3)cc2CC1c1ccc2ccc(C#N)cc2c1. The predicted octanol–water partition coefficient (Wildman–Crippen LogP) is 6.07. The van der Waals surface area contributed by atoms with E-state index in [4.69, 9.17) is 14.2 Å². The maximum absolute atomic E-state index is 13.5. The molecule has 0 aliphatic carbocycles. The Balaban J connectivity index is 1.36. The van der Waals surface area contributed by atoms with Crippen molar-refractivity contribution in [2.75, 3.05) is 24.6 Å². The third kappa shape index (κ3) is 6.91. The molecule has 0 saturated carbocycles. The van der Waals surface area contributed by atoms with Gasteiger partial charge in [-0.15, -0.1) is 0 Å². The molecule has 2 aliphatic heterocycles. The zero-order valence-electron chi connectivity index (χ0n) is 25.1. The normalized spacial score (nSPS) is 16.9. The number of fused-ring (bicyclic) bond motifs is 2. The fourth-order valence-corrected chi connectivity index (χ4v) is 5.71. The van der Waals surface area contributed by atoms with E-state index in [1.165, 1.54) is 0 Å². The van der Waals surface area contributed by atoms with Crippen molar-refractivity contribution >= 4 is 34.4 Å². The van der Waals surface area contributed by atoms with Gasteiger partial charge in [0, 0.05) is 31.6 Å². The summed E-state index contributed by atoms with van der Waals surface area (Å²) < 4.78 is 16.9. The highest BCUT2D eigenvalue weighted by Gasteiger charge is 2.36. The number of anilines is 1. The van der Waals surface area contributed by atoms with Gasteiger partial charge in [0.2, 0.25) is 5.91 Å². The van der Waals surface area contributed by atoms with Crippen molar-refractivity contribution in [1.29, 1.82) is 5.26 Å². The van der Waals surface area contributed by atoms with Gasteiger partial charge in [-0.05, 0) is 92.4 Å². The number of esters is 1. The second kappa shape index (κ2) is 12.3. The number of carbonyl (C=O) groups excluding carboxylic acids is 3. The summed E-state index contributed by atoms with van der Waals surface area (Å²) in [4.78, 5) is 41.6. The Labute approximate surface area is 251 Å². The largest absolute Gasteiger partial charge is 0.490 e. The Morgan fingerprint density at radius 1 is 0.977 bits per heavy atom. The van der Waals surface area contributed by atoms with Gasteiger partial charge in [0.05, 0.1) is 24.3 Å². The van der Waals surface area contributed by atoms with Crippen molar-refractivity contribution in [3.05, 3.63) is 71.3 Å². The molecule has 2 heterocycles. The molecule has 5 rings (SSSR count). The van der Waals surface area contributed by atoms with Crippen LogP contribution in [0, 0.1) is 11.3 Å². The molecular formula is C34H37N3O6. The van der Waals surface area contributed by atoms with Crippen LogP contribution in [0.1, 0.15) is 69.7 Å². The molecule has 224 valence electrons. The summed E-state index contributed by atoms with van der Waals surface area (Å²) in [5.41, 5.74) is 2.61. The Hall–Kier alpha value is -4.58. The maximum Gasteiger partial charge on any atom is 0.410 e. The van der Waals surface area contributed by atoms with E-state index in [0.717, 1.165) is 27.6 Å². The number of amides is 2. The topological polar surface area (TPSA) is 109 Å². The van der Waals surface area contributed by atoms with Crippen LogP contribution in [0.15, 0.2) is 54.6 Å². The molecule has 0 N–H and O–H groups in total. The fraction of sp³-hybridized carbons (Fsp3) is 0.412. The first-order chi connectivity index (χ1) is 20.5. The minimum atomic E-state index is -0.561. The van der Waals surface area contributed by atoms with E-state index in [9.17, 15) is 19.6 Å². The molecule has 43 heavy (non-hydrogen) atoms. The first-order valence-electron chi connectivity index (χ1n) is 14.7. The monoisotopic (exact) mass is 583 g/mol. The van der Waals surface area contributed by atoms with Crippen LogP contribution in [0.3, 0.4) is 0 Å². The summed E-state index contributed by atoms with van der Waals surface area (Å²) in [5.74, 6) is -0.198. The summed E-state index contributed by atoms with van der Waals surface area (Å²) in [6.07, 6.45) is 1.20. The smallest absolute Gasteiger partial charge is 0.410 e. The minimum Gasteiger partial charge on any atom is -0.490 e. The van der Waals surface area contributed by atoms with Gasteiger partial charge in [-0.2, -0.15) is 5.26 Å². The highest BCUT2D eigenvalue weighted by molar-refractivity contribution is 6.05. The van der Waals surface area contributed by atoms with Crippen molar-refractivity contribution < 1.29 is 28.6 Å². The number of nitriles is 1. The van der Waals surface area contributed by atoms with Crippen molar-refractivity contribution in [3.8, 4) is 11.8 Å². The number of carbonyl (C=O) groups is 3. The summed E-state index contributed by atoms with van der Waals surface area (Å²) >= 11 is 0. The molecule has 0 bridgehead atoms. The molecule has 9 nitrogen and oxygen atoms in total. The van der Waals surface area contributed by atoms with E-state index in [-0.39, 0.29) is 37.2 Å². The van der Waals surface area contributed by atoms with E-state index in [1.807, 2.05) is 69.3 Å². The summed E-state index contributed by atoms with van der Waals surface area (Å²) in [7, 11) is 0. The quantitative estimate of drug-likeness (QED) is 0.256. The number of piperidine rings is 1. The molecule has 1 unspecified atom stereocenters. The average molecular weight is 584 g/mol. The standard InChI is InChI=1S/C34H37N3O6/c1-5-41-32(39)20-31(38)37-29-11-10-28(42-27-12-14-36(15-13-27)33(40)43-34(2,3)4)18-26(29)19-30(37)24-9-8-23-7-6-22(21-35)16-25(23)17-24/h6-11,16-18,27,30H,5,12-15,19-20H2,1-4H3. The lowest BCUT2D eigenvalue weighted by Crippen LogP contribution is -2.44. The zero-order chi connectivity index (χ0) is 30.7. The molecule has 0 aromatic heterocycles. The van der Waals surface area contributed by atoms with E-state index < -0.39 is 11.6 Å². The lowest BCUT2D eigenvalue weighted by Gasteiger charge is -2.33. The first kappa shape index (κ1) is 29.9. The van der Waals surface area contributed by atoms with Gasteiger partial charge in [-0.25, -0.2) is 4.79 Å². The molecular weight excluding hydrogens is 546 g/mol. The second-order valence-electron chi connectivity index (χ2n) is 12.0. The summed E-state index contributed by atoms with van der Waals surface area (Å²) in [6.45, 7) is 8.59. The van der Waals surface area contributed by atoms with Crippen LogP contribution >= 0.6 is 0 Å². The van der Waals surface area contributed by atoms with Gasteiger partial charge in [-0.3, -0.25) is 9.59 Å². The highest BCUT2D eigenvalue weighted by Crippen LogP contribution is 2.43. The van der Waals surface area contributed by atoms with Gasteiger partial charge in [0.25, 0.3) is 0 Å². The van der Waals surface area contributed by atoms with Gasteiger partial charge < -0.3 is 24.0 Å². The van der Waals surface area contributed by atoms with Gasteiger partial charge in [0.1, 0.15) is 23.9 Å². The molecule has 3 aromatic rings. The van der Waals surface area contributed by atoms with Crippen molar-refractivity contribution in [1.82, 2.24) is 4.90 Å². The lowest BCUT2D eigenvalue weighted by atomic mass is 9.98. The van der Waals surface area contributed by atoms with Crippen molar-refractivity contribution in [3.63, 3.8) is 0 Å². The molecule has 0 radical (unpaired) electrons. The van der Waals surface area contributed by atoms with Crippen molar-refractivity contribution in [2.24, 2.45) is 0 Å². The molecule has 1 atom stereocenters. The van der Waals surface area contributed by atoms with Crippen LogP contribution in [-0.4, -0.2) is 54.3 Å². The molecule has 3 aromatic carbocycles. The zero-order valence-corrected chi connectivity index (χ0v) is 25.1. The molecule has 2 amide bonds. The third-order valence-electron chi connectivity index (χ3n) is 7.68. The third-order valence-corrected chi connectivity index (χ3v) is 7.68. The molecule has 1 fully saturated rings. The van der Waals surface area contributed by atoms with Crippen LogP contribution in [0.2, 0.25) is 0 Å². The second-order valence-corrected chi connectivity index (χ2v) is 12.0. The van der Waals surface area contributed by atoms with Gasteiger partial charge in [0.15, 0.2) is 0 Å². The molecule has 9 heteroatoms. The van der Waals surface area contributed by atoms with Crippen LogP contribution in [-0.2, 0) is 25.5 Å². The van der Waals surface area contributed by atoms with E-state index >= 15 is 0 Å². The van der Waals surface area contributed by atoms with Crippen molar-refractivity contribution in [2.45, 2.75) is 71.1 Å². The Kier molecular flexibility index (Phi) is 8.58.